The van der Waals surface area contributed by atoms with E-state index in [0.29, 0.717) is 5.69 Å². The molecular weight excluding hydrogens is 300 g/mol. The standard InChI is InChI=1S/C15H20N4O2S/c1-18-11-15(16-12-18)22(20,21)17-13-5-7-14(8-6-13)19-9-3-2-4-10-19/h5-8,11-12,17H,2-4,9-10H2,1H3. The molecule has 1 aromatic heterocycles. The predicted octanol–water partition coefficient (Wildman–Crippen LogP) is 2.21. The van der Waals surface area contributed by atoms with Gasteiger partial charge in [0.15, 0.2) is 5.03 Å². The molecule has 0 radical (unpaired) electrons. The summed E-state index contributed by atoms with van der Waals surface area (Å²) < 4.78 is 28.6. The molecule has 1 aromatic carbocycles. The van der Waals surface area contributed by atoms with Crippen LogP contribution in [0.4, 0.5) is 11.4 Å². The Kier molecular flexibility index (Phi) is 4.06. The SMILES string of the molecule is Cn1cnc(S(=O)(=O)Nc2ccc(N3CCCCC3)cc2)c1. The van der Waals surface area contributed by atoms with Gasteiger partial charge in [0.1, 0.15) is 0 Å². The number of nitrogens with zero attached hydrogens (tertiary/aromatic N) is 3. The van der Waals surface area contributed by atoms with Gasteiger partial charge in [-0.2, -0.15) is 8.42 Å². The second kappa shape index (κ2) is 6.00. The number of rotatable bonds is 4. The van der Waals surface area contributed by atoms with Crippen molar-refractivity contribution in [3.05, 3.63) is 36.8 Å². The number of aromatic nitrogens is 2. The van der Waals surface area contributed by atoms with Crippen molar-refractivity contribution in [2.75, 3.05) is 22.7 Å². The maximum atomic E-state index is 12.2. The van der Waals surface area contributed by atoms with Crippen molar-refractivity contribution < 1.29 is 8.42 Å². The molecule has 0 unspecified atom stereocenters. The van der Waals surface area contributed by atoms with Crippen molar-refractivity contribution in [2.24, 2.45) is 7.05 Å². The van der Waals surface area contributed by atoms with Crippen LogP contribution < -0.4 is 9.62 Å². The minimum absolute atomic E-state index is 0.0232. The molecule has 2 aromatic rings. The lowest BCUT2D eigenvalue weighted by atomic mass is 10.1. The van der Waals surface area contributed by atoms with E-state index < -0.39 is 10.0 Å². The molecular formula is C15H20N4O2S. The van der Waals surface area contributed by atoms with E-state index in [-0.39, 0.29) is 5.03 Å². The summed E-state index contributed by atoms with van der Waals surface area (Å²) in [5, 5.41) is 0.0232. The average Bonchev–Trinajstić information content (AvgIpc) is 2.96. The van der Waals surface area contributed by atoms with E-state index in [4.69, 9.17) is 0 Å². The van der Waals surface area contributed by atoms with Crippen LogP contribution >= 0.6 is 0 Å². The third-order valence-electron chi connectivity index (χ3n) is 3.80. The monoisotopic (exact) mass is 320 g/mol. The molecule has 0 spiro atoms. The molecule has 22 heavy (non-hydrogen) atoms. The summed E-state index contributed by atoms with van der Waals surface area (Å²) in [4.78, 5) is 6.21. The molecule has 3 rings (SSSR count). The van der Waals surface area contributed by atoms with Gasteiger partial charge in [0.2, 0.25) is 0 Å². The van der Waals surface area contributed by atoms with Crippen LogP contribution in [-0.4, -0.2) is 31.1 Å². The summed E-state index contributed by atoms with van der Waals surface area (Å²) in [5.41, 5.74) is 1.69. The molecule has 1 aliphatic heterocycles. The molecule has 118 valence electrons. The lowest BCUT2D eigenvalue weighted by Crippen LogP contribution is -2.29. The van der Waals surface area contributed by atoms with Gasteiger partial charge in [-0.05, 0) is 43.5 Å². The number of anilines is 2. The minimum atomic E-state index is -3.63. The molecule has 0 saturated carbocycles. The van der Waals surface area contributed by atoms with Crippen LogP contribution in [0.25, 0.3) is 0 Å². The third-order valence-corrected chi connectivity index (χ3v) is 5.06. The summed E-state index contributed by atoms with van der Waals surface area (Å²) >= 11 is 0. The smallest absolute Gasteiger partial charge is 0.280 e. The Morgan fingerprint density at radius 1 is 1.09 bits per heavy atom. The van der Waals surface area contributed by atoms with E-state index in [2.05, 4.69) is 14.6 Å². The largest absolute Gasteiger partial charge is 0.372 e. The number of sulfonamides is 1. The topological polar surface area (TPSA) is 67.2 Å². The van der Waals surface area contributed by atoms with Crippen LogP contribution in [0.1, 0.15) is 19.3 Å². The zero-order valence-electron chi connectivity index (χ0n) is 12.6. The number of aryl methyl sites for hydroxylation is 1. The molecule has 7 heteroatoms. The van der Waals surface area contributed by atoms with Crippen molar-refractivity contribution in [2.45, 2.75) is 24.3 Å². The minimum Gasteiger partial charge on any atom is -0.372 e. The Labute approximate surface area is 130 Å². The van der Waals surface area contributed by atoms with Gasteiger partial charge in [0.05, 0.1) is 6.33 Å². The fourth-order valence-corrected chi connectivity index (χ4v) is 3.67. The Balaban J connectivity index is 1.73. The Bertz CT molecular complexity index is 731. The highest BCUT2D eigenvalue weighted by Crippen LogP contribution is 2.23. The van der Waals surface area contributed by atoms with Gasteiger partial charge in [-0.15, -0.1) is 0 Å². The van der Waals surface area contributed by atoms with Crippen molar-refractivity contribution in [3.8, 4) is 0 Å². The highest BCUT2D eigenvalue weighted by Gasteiger charge is 2.17. The number of nitrogens with one attached hydrogen (secondary N) is 1. The number of imidazole rings is 1. The quantitative estimate of drug-likeness (QED) is 0.938. The summed E-state index contributed by atoms with van der Waals surface area (Å²) in [6.45, 7) is 2.14. The Hall–Kier alpha value is -2.02. The second-order valence-corrected chi connectivity index (χ2v) is 7.21. The number of piperidine rings is 1. The number of hydrogen-bond donors (Lipinski definition) is 1. The van der Waals surface area contributed by atoms with E-state index in [1.807, 2.05) is 12.1 Å². The fraction of sp³-hybridized carbons (Fsp3) is 0.400. The molecule has 6 nitrogen and oxygen atoms in total. The van der Waals surface area contributed by atoms with Crippen molar-refractivity contribution in [3.63, 3.8) is 0 Å². The van der Waals surface area contributed by atoms with Crippen molar-refractivity contribution >= 4 is 21.4 Å². The van der Waals surface area contributed by atoms with Gasteiger partial charge < -0.3 is 9.47 Å². The maximum Gasteiger partial charge on any atom is 0.280 e. The summed E-state index contributed by atoms with van der Waals surface area (Å²) in [7, 11) is -1.89. The van der Waals surface area contributed by atoms with Crippen LogP contribution in [0.3, 0.4) is 0 Å². The van der Waals surface area contributed by atoms with Crippen LogP contribution in [0, 0.1) is 0 Å². The fourth-order valence-electron chi connectivity index (χ4n) is 2.63. The molecule has 1 fully saturated rings. The van der Waals surface area contributed by atoms with Crippen LogP contribution in [0.15, 0.2) is 41.8 Å². The molecule has 2 heterocycles. The first-order valence-electron chi connectivity index (χ1n) is 7.40. The van der Waals surface area contributed by atoms with Gasteiger partial charge in [0, 0.05) is 37.7 Å². The molecule has 1 saturated heterocycles. The van der Waals surface area contributed by atoms with Crippen LogP contribution in [0.2, 0.25) is 0 Å². The normalized spacial score (nSPS) is 15.8. The number of benzene rings is 1. The molecule has 1 N–H and O–H groups in total. The van der Waals surface area contributed by atoms with E-state index in [1.165, 1.54) is 31.8 Å². The van der Waals surface area contributed by atoms with Crippen LogP contribution in [-0.2, 0) is 17.1 Å². The molecule has 0 amide bonds. The van der Waals surface area contributed by atoms with E-state index >= 15 is 0 Å². The van der Waals surface area contributed by atoms with Gasteiger partial charge in [-0.1, -0.05) is 0 Å². The zero-order valence-corrected chi connectivity index (χ0v) is 13.4. The van der Waals surface area contributed by atoms with Gasteiger partial charge in [0.25, 0.3) is 10.0 Å². The van der Waals surface area contributed by atoms with Crippen molar-refractivity contribution in [1.29, 1.82) is 0 Å². The number of hydrogen-bond acceptors (Lipinski definition) is 4. The average molecular weight is 320 g/mol. The Morgan fingerprint density at radius 3 is 2.36 bits per heavy atom. The summed E-state index contributed by atoms with van der Waals surface area (Å²) in [6.07, 6.45) is 6.67. The van der Waals surface area contributed by atoms with Gasteiger partial charge >= 0.3 is 0 Å². The highest BCUT2D eigenvalue weighted by molar-refractivity contribution is 7.92. The summed E-state index contributed by atoms with van der Waals surface area (Å²) in [5.74, 6) is 0. The molecule has 0 bridgehead atoms. The van der Waals surface area contributed by atoms with Gasteiger partial charge in [-0.3, -0.25) is 4.72 Å². The van der Waals surface area contributed by atoms with Crippen molar-refractivity contribution in [1.82, 2.24) is 9.55 Å². The first kappa shape index (κ1) is 14.9. The Morgan fingerprint density at radius 2 is 1.77 bits per heavy atom. The zero-order chi connectivity index (χ0) is 15.6. The third kappa shape index (κ3) is 3.24. The molecule has 0 aliphatic carbocycles. The summed E-state index contributed by atoms with van der Waals surface area (Å²) in [6, 6.07) is 7.51. The van der Waals surface area contributed by atoms with Crippen LogP contribution in [0.5, 0.6) is 0 Å². The molecule has 1 aliphatic rings. The van der Waals surface area contributed by atoms with E-state index in [1.54, 1.807) is 23.7 Å². The predicted molar refractivity (Wildman–Crippen MR) is 86.5 cm³/mol. The van der Waals surface area contributed by atoms with E-state index in [9.17, 15) is 8.42 Å². The van der Waals surface area contributed by atoms with Gasteiger partial charge in [-0.25, -0.2) is 4.98 Å². The maximum absolute atomic E-state index is 12.2. The second-order valence-electron chi connectivity index (χ2n) is 5.58. The lowest BCUT2D eigenvalue weighted by Gasteiger charge is -2.28. The lowest BCUT2D eigenvalue weighted by molar-refractivity contribution is 0.578. The van der Waals surface area contributed by atoms with E-state index in [0.717, 1.165) is 18.8 Å². The first-order chi connectivity index (χ1) is 10.5. The first-order valence-corrected chi connectivity index (χ1v) is 8.89. The molecule has 0 atom stereocenters. The highest BCUT2D eigenvalue weighted by atomic mass is 32.2.